The first-order chi connectivity index (χ1) is 4.27. The van der Waals surface area contributed by atoms with Crippen molar-refractivity contribution in [2.75, 3.05) is 13.3 Å². The Bertz CT molecular complexity index is 83.1. The van der Waals surface area contributed by atoms with E-state index in [0.717, 1.165) is 6.42 Å². The van der Waals surface area contributed by atoms with Crippen molar-refractivity contribution >= 4 is 5.91 Å². The molecule has 1 amide bonds. The normalized spacial score (nSPS) is 9.11. The van der Waals surface area contributed by atoms with E-state index < -0.39 is 0 Å². The third-order valence-electron chi connectivity index (χ3n) is 0.772. The smallest absolute Gasteiger partial charge is 0.218 e. The summed E-state index contributed by atoms with van der Waals surface area (Å²) in [6, 6.07) is 0. The summed E-state index contributed by atoms with van der Waals surface area (Å²) in [7, 11) is 0. The molecule has 0 aliphatic rings. The molecule has 0 saturated carbocycles. The fraction of sp³-hybridized carbons (Fsp3) is 0.833. The number of nitrogens with one attached hydrogen (secondary N) is 1. The van der Waals surface area contributed by atoms with E-state index in [0.29, 0.717) is 13.3 Å². The number of hydrogen-bond acceptors (Lipinski definition) is 2. The van der Waals surface area contributed by atoms with E-state index in [9.17, 15) is 4.79 Å². The van der Waals surface area contributed by atoms with E-state index >= 15 is 0 Å². The van der Waals surface area contributed by atoms with Crippen molar-refractivity contribution in [2.24, 2.45) is 0 Å². The van der Waals surface area contributed by atoms with Crippen LogP contribution in [0.2, 0.25) is 0 Å². The van der Waals surface area contributed by atoms with Crippen molar-refractivity contribution in [3.63, 3.8) is 0 Å². The number of carbonyl (C=O) groups is 1. The Morgan fingerprint density at radius 2 is 2.33 bits per heavy atom. The molecule has 0 aliphatic carbocycles. The van der Waals surface area contributed by atoms with Crippen LogP contribution in [0.1, 0.15) is 20.3 Å². The summed E-state index contributed by atoms with van der Waals surface area (Å²) in [4.78, 5) is 10.2. The summed E-state index contributed by atoms with van der Waals surface area (Å²) < 4.78 is 4.96. The van der Waals surface area contributed by atoms with Crippen molar-refractivity contribution in [3.8, 4) is 0 Å². The molecular weight excluding hydrogens is 118 g/mol. The van der Waals surface area contributed by atoms with Crippen molar-refractivity contribution in [1.29, 1.82) is 0 Å². The zero-order valence-electron chi connectivity index (χ0n) is 5.94. The monoisotopic (exact) mass is 131 g/mol. The van der Waals surface area contributed by atoms with Crippen LogP contribution in [0.25, 0.3) is 0 Å². The van der Waals surface area contributed by atoms with Crippen LogP contribution in [0.5, 0.6) is 0 Å². The highest BCUT2D eigenvalue weighted by molar-refractivity contribution is 5.72. The summed E-state index contributed by atoms with van der Waals surface area (Å²) in [5, 5.41) is 2.52. The minimum Gasteiger partial charge on any atom is -0.361 e. The van der Waals surface area contributed by atoms with Crippen LogP contribution in [0.15, 0.2) is 0 Å². The molecule has 0 saturated heterocycles. The van der Waals surface area contributed by atoms with Gasteiger partial charge in [-0.3, -0.25) is 4.79 Å². The van der Waals surface area contributed by atoms with Gasteiger partial charge in [-0.1, -0.05) is 6.92 Å². The lowest BCUT2D eigenvalue weighted by molar-refractivity contribution is -0.120. The molecule has 3 nitrogen and oxygen atoms in total. The molecule has 0 heterocycles. The summed E-state index contributed by atoms with van der Waals surface area (Å²) in [6.07, 6.45) is 0.986. The van der Waals surface area contributed by atoms with Gasteiger partial charge in [0.25, 0.3) is 0 Å². The van der Waals surface area contributed by atoms with E-state index in [2.05, 4.69) is 5.32 Å². The van der Waals surface area contributed by atoms with E-state index in [1.807, 2.05) is 6.92 Å². The number of amides is 1. The second kappa shape index (κ2) is 5.56. The Labute approximate surface area is 55.4 Å². The van der Waals surface area contributed by atoms with Crippen LogP contribution in [0.4, 0.5) is 0 Å². The number of hydrogen-bond donors (Lipinski definition) is 1. The molecule has 0 rings (SSSR count). The Morgan fingerprint density at radius 1 is 1.67 bits per heavy atom. The molecule has 9 heavy (non-hydrogen) atoms. The lowest BCUT2D eigenvalue weighted by atomic mass is 10.5. The summed E-state index contributed by atoms with van der Waals surface area (Å²) in [5.41, 5.74) is 0. The third kappa shape index (κ3) is 7.43. The average molecular weight is 131 g/mol. The molecule has 0 bridgehead atoms. The van der Waals surface area contributed by atoms with Gasteiger partial charge in [0.1, 0.15) is 6.73 Å². The molecule has 0 fully saturated rings. The molecule has 3 heteroatoms. The molecule has 0 unspecified atom stereocenters. The maximum absolute atomic E-state index is 10.2. The molecule has 0 aromatic heterocycles. The minimum atomic E-state index is -0.0499. The van der Waals surface area contributed by atoms with Gasteiger partial charge < -0.3 is 10.1 Å². The lowest BCUT2D eigenvalue weighted by Gasteiger charge is -2.00. The van der Waals surface area contributed by atoms with Gasteiger partial charge in [-0.05, 0) is 6.42 Å². The van der Waals surface area contributed by atoms with Crippen molar-refractivity contribution in [2.45, 2.75) is 20.3 Å². The van der Waals surface area contributed by atoms with Crippen molar-refractivity contribution in [1.82, 2.24) is 5.32 Å². The molecule has 54 valence electrons. The molecule has 0 atom stereocenters. The van der Waals surface area contributed by atoms with E-state index in [4.69, 9.17) is 4.74 Å². The zero-order chi connectivity index (χ0) is 7.11. The molecule has 0 radical (unpaired) electrons. The Morgan fingerprint density at radius 3 is 2.78 bits per heavy atom. The zero-order valence-corrected chi connectivity index (χ0v) is 5.94. The van der Waals surface area contributed by atoms with Crippen molar-refractivity contribution in [3.05, 3.63) is 0 Å². The summed E-state index contributed by atoms with van der Waals surface area (Å²) >= 11 is 0. The second-order valence-corrected chi connectivity index (χ2v) is 1.79. The highest BCUT2D eigenvalue weighted by Crippen LogP contribution is 1.76. The van der Waals surface area contributed by atoms with Gasteiger partial charge in [0.15, 0.2) is 0 Å². The first-order valence-corrected chi connectivity index (χ1v) is 3.09. The third-order valence-corrected chi connectivity index (χ3v) is 0.772. The van der Waals surface area contributed by atoms with Gasteiger partial charge in [-0.2, -0.15) is 0 Å². The number of carbonyl (C=O) groups excluding carboxylic acids is 1. The van der Waals surface area contributed by atoms with Crippen LogP contribution >= 0.6 is 0 Å². The largest absolute Gasteiger partial charge is 0.361 e. The molecule has 0 aromatic rings. The van der Waals surface area contributed by atoms with Crippen LogP contribution in [-0.2, 0) is 9.53 Å². The highest BCUT2D eigenvalue weighted by atomic mass is 16.5. The molecule has 0 aliphatic heterocycles. The fourth-order valence-electron chi connectivity index (χ4n) is 0.369. The molecular formula is C6H13NO2. The number of rotatable bonds is 4. The van der Waals surface area contributed by atoms with E-state index in [1.54, 1.807) is 0 Å². The summed E-state index contributed by atoms with van der Waals surface area (Å²) in [5.74, 6) is -0.0499. The van der Waals surface area contributed by atoms with Gasteiger partial charge in [0.05, 0.1) is 0 Å². The van der Waals surface area contributed by atoms with Gasteiger partial charge in [-0.15, -0.1) is 0 Å². The maximum Gasteiger partial charge on any atom is 0.218 e. The summed E-state index contributed by atoms with van der Waals surface area (Å²) in [6.45, 7) is 4.53. The topological polar surface area (TPSA) is 38.3 Å². The van der Waals surface area contributed by atoms with Crippen LogP contribution in [0, 0.1) is 0 Å². The maximum atomic E-state index is 10.2. The van der Waals surface area contributed by atoms with E-state index in [1.165, 1.54) is 6.92 Å². The van der Waals surface area contributed by atoms with Gasteiger partial charge in [-0.25, -0.2) is 0 Å². The van der Waals surface area contributed by atoms with E-state index in [-0.39, 0.29) is 5.91 Å². The number of ether oxygens (including phenoxy) is 1. The second-order valence-electron chi connectivity index (χ2n) is 1.79. The fourth-order valence-corrected chi connectivity index (χ4v) is 0.369. The Kier molecular flexibility index (Phi) is 5.21. The quantitative estimate of drug-likeness (QED) is 0.446. The first kappa shape index (κ1) is 8.43. The predicted octanol–water partition coefficient (Wildman–Crippen LogP) is 0.507. The van der Waals surface area contributed by atoms with Crippen LogP contribution < -0.4 is 5.32 Å². The molecule has 0 aromatic carbocycles. The Balaban J connectivity index is 2.83. The minimum absolute atomic E-state index is 0.0499. The predicted molar refractivity (Wildman–Crippen MR) is 34.9 cm³/mol. The SMILES string of the molecule is CCCOCNC(C)=O. The van der Waals surface area contributed by atoms with Crippen molar-refractivity contribution < 1.29 is 9.53 Å². The Hall–Kier alpha value is -0.570. The molecule has 0 spiro atoms. The standard InChI is InChI=1S/C6H13NO2/c1-3-4-9-5-7-6(2)8/h3-5H2,1-2H3,(H,7,8). The average Bonchev–Trinajstić information content (AvgIpc) is 1.80. The van der Waals surface area contributed by atoms with Gasteiger partial charge >= 0.3 is 0 Å². The van der Waals surface area contributed by atoms with Gasteiger partial charge in [0, 0.05) is 13.5 Å². The van der Waals surface area contributed by atoms with Gasteiger partial charge in [0.2, 0.25) is 5.91 Å². The molecule has 1 N–H and O–H groups in total. The highest BCUT2D eigenvalue weighted by Gasteiger charge is 1.86. The van der Waals surface area contributed by atoms with Crippen LogP contribution in [0.3, 0.4) is 0 Å². The lowest BCUT2D eigenvalue weighted by Crippen LogP contribution is -2.23. The van der Waals surface area contributed by atoms with Crippen LogP contribution in [-0.4, -0.2) is 19.2 Å². The first-order valence-electron chi connectivity index (χ1n) is 3.09.